The van der Waals surface area contributed by atoms with Crippen LogP contribution in [0, 0.1) is 0 Å². The van der Waals surface area contributed by atoms with E-state index in [9.17, 15) is 0 Å². The lowest BCUT2D eigenvalue weighted by molar-refractivity contribution is 0.423. The van der Waals surface area contributed by atoms with E-state index in [0.29, 0.717) is 0 Å². The molecule has 2 aliphatic rings. The molecule has 2 rings (SSSR count). The van der Waals surface area contributed by atoms with Gasteiger partial charge in [-0.25, -0.2) is 5.16 Å². The molecule has 0 fully saturated rings. The highest BCUT2D eigenvalue weighted by molar-refractivity contribution is 5.64. The van der Waals surface area contributed by atoms with Crippen molar-refractivity contribution in [3.63, 3.8) is 0 Å². The molecule has 0 aromatic carbocycles. The Morgan fingerprint density at radius 2 is 2.33 bits per heavy atom. The van der Waals surface area contributed by atoms with Gasteiger partial charge >= 0.3 is 0 Å². The maximum absolute atomic E-state index is 8.88. The van der Waals surface area contributed by atoms with Crippen molar-refractivity contribution in [3.8, 4) is 17.0 Å². The SMILES string of the molecule is Oc1cc2co[nH]c-2c1. The van der Waals surface area contributed by atoms with Gasteiger partial charge in [0, 0.05) is 11.6 Å². The topological polar surface area (TPSA) is 49.2 Å². The molecule has 1 aliphatic heterocycles. The van der Waals surface area contributed by atoms with E-state index >= 15 is 0 Å². The van der Waals surface area contributed by atoms with E-state index in [0.717, 1.165) is 11.3 Å². The summed E-state index contributed by atoms with van der Waals surface area (Å²) in [4.78, 5) is 0. The summed E-state index contributed by atoms with van der Waals surface area (Å²) in [6.07, 6.45) is 1.55. The quantitative estimate of drug-likeness (QED) is 0.556. The van der Waals surface area contributed by atoms with Crippen LogP contribution in [0.5, 0.6) is 5.75 Å². The number of aromatic amines is 1. The number of hydrogen-bond donors (Lipinski definition) is 2. The minimum atomic E-state index is 0.270. The third-order valence-electron chi connectivity index (χ3n) is 1.26. The predicted molar refractivity (Wildman–Crippen MR) is 31.3 cm³/mol. The lowest BCUT2D eigenvalue weighted by Crippen LogP contribution is -1.59. The van der Waals surface area contributed by atoms with Crippen LogP contribution in [0.15, 0.2) is 22.9 Å². The first-order chi connectivity index (χ1) is 4.36. The van der Waals surface area contributed by atoms with Crippen LogP contribution in [0.25, 0.3) is 11.3 Å². The lowest BCUT2D eigenvalue weighted by atomic mass is 10.3. The summed E-state index contributed by atoms with van der Waals surface area (Å²) in [5.41, 5.74) is 1.72. The van der Waals surface area contributed by atoms with Crippen LogP contribution in [-0.4, -0.2) is 10.3 Å². The summed E-state index contributed by atoms with van der Waals surface area (Å²) in [5.74, 6) is 0.270. The van der Waals surface area contributed by atoms with Gasteiger partial charge in [0.25, 0.3) is 0 Å². The molecular formula is C6H5NO2. The molecule has 0 saturated carbocycles. The fraction of sp³-hybridized carbons (Fsp3) is 0. The maximum Gasteiger partial charge on any atom is 0.128 e. The van der Waals surface area contributed by atoms with Crippen molar-refractivity contribution in [3.05, 3.63) is 18.4 Å². The number of rotatable bonds is 0. The molecule has 2 N–H and O–H groups in total. The fourth-order valence-electron chi connectivity index (χ4n) is 0.852. The molecule has 0 bridgehead atoms. The molecule has 0 atom stereocenters. The second kappa shape index (κ2) is 1.31. The first-order valence-electron chi connectivity index (χ1n) is 2.61. The van der Waals surface area contributed by atoms with Crippen molar-refractivity contribution in [2.24, 2.45) is 0 Å². The summed E-state index contributed by atoms with van der Waals surface area (Å²) in [6, 6.07) is 3.24. The van der Waals surface area contributed by atoms with Gasteiger partial charge in [-0.05, 0) is 6.07 Å². The van der Waals surface area contributed by atoms with Crippen molar-refractivity contribution in [2.75, 3.05) is 0 Å². The molecule has 1 aliphatic carbocycles. The molecule has 0 aromatic rings. The Balaban J connectivity index is 2.76. The Hall–Kier alpha value is -1.38. The molecule has 0 unspecified atom stereocenters. The zero-order valence-corrected chi connectivity index (χ0v) is 4.59. The first-order valence-corrected chi connectivity index (χ1v) is 2.61. The fourth-order valence-corrected chi connectivity index (χ4v) is 0.852. The van der Waals surface area contributed by atoms with Gasteiger partial charge in [-0.3, -0.25) is 0 Å². The molecule has 3 nitrogen and oxygen atoms in total. The Labute approximate surface area is 51.2 Å². The minimum absolute atomic E-state index is 0.270. The Bertz CT molecular complexity index is 258. The van der Waals surface area contributed by atoms with Gasteiger partial charge in [0.15, 0.2) is 0 Å². The normalized spacial score (nSPS) is 10.7. The molecular weight excluding hydrogens is 118 g/mol. The number of nitrogens with one attached hydrogen (secondary N) is 1. The molecule has 0 aromatic heterocycles. The van der Waals surface area contributed by atoms with Gasteiger partial charge in [0.2, 0.25) is 0 Å². The summed E-state index contributed by atoms with van der Waals surface area (Å²) >= 11 is 0. The summed E-state index contributed by atoms with van der Waals surface area (Å²) in [6.45, 7) is 0. The molecule has 9 heavy (non-hydrogen) atoms. The van der Waals surface area contributed by atoms with E-state index in [2.05, 4.69) is 5.16 Å². The van der Waals surface area contributed by atoms with E-state index in [1.165, 1.54) is 0 Å². The third-order valence-corrected chi connectivity index (χ3v) is 1.26. The second-order valence-corrected chi connectivity index (χ2v) is 1.92. The highest BCUT2D eigenvalue weighted by atomic mass is 16.5. The monoisotopic (exact) mass is 123 g/mol. The largest absolute Gasteiger partial charge is 0.508 e. The van der Waals surface area contributed by atoms with Crippen LogP contribution in [0.1, 0.15) is 0 Å². The average molecular weight is 123 g/mol. The van der Waals surface area contributed by atoms with Crippen LogP contribution >= 0.6 is 0 Å². The van der Waals surface area contributed by atoms with Gasteiger partial charge < -0.3 is 9.63 Å². The van der Waals surface area contributed by atoms with Crippen LogP contribution in [0.3, 0.4) is 0 Å². The van der Waals surface area contributed by atoms with Gasteiger partial charge in [0.1, 0.15) is 12.0 Å². The van der Waals surface area contributed by atoms with E-state index in [1.807, 2.05) is 0 Å². The van der Waals surface area contributed by atoms with E-state index < -0.39 is 0 Å². The molecule has 0 spiro atoms. The highest BCUT2D eigenvalue weighted by Crippen LogP contribution is 2.27. The minimum Gasteiger partial charge on any atom is -0.508 e. The zero-order valence-electron chi connectivity index (χ0n) is 4.59. The first kappa shape index (κ1) is 4.49. The Kier molecular flexibility index (Phi) is 0.656. The van der Waals surface area contributed by atoms with Crippen molar-refractivity contribution in [1.82, 2.24) is 5.16 Å². The molecule has 3 heteroatoms. The Morgan fingerprint density at radius 1 is 1.44 bits per heavy atom. The van der Waals surface area contributed by atoms with Gasteiger partial charge in [-0.15, -0.1) is 0 Å². The lowest BCUT2D eigenvalue weighted by Gasteiger charge is -1.74. The third kappa shape index (κ3) is 0.512. The highest BCUT2D eigenvalue weighted by Gasteiger charge is 2.06. The smallest absolute Gasteiger partial charge is 0.128 e. The van der Waals surface area contributed by atoms with E-state index in [-0.39, 0.29) is 5.75 Å². The van der Waals surface area contributed by atoms with Crippen LogP contribution < -0.4 is 0 Å². The van der Waals surface area contributed by atoms with Crippen molar-refractivity contribution in [1.29, 1.82) is 0 Å². The molecule has 46 valence electrons. The van der Waals surface area contributed by atoms with Crippen molar-refractivity contribution < 1.29 is 9.63 Å². The van der Waals surface area contributed by atoms with E-state index in [4.69, 9.17) is 9.63 Å². The number of aromatic hydroxyl groups is 1. The standard InChI is InChI=1S/C6H5NO2/c8-5-1-4-3-9-7-6(4)2-5/h1-3,7-8H. The van der Waals surface area contributed by atoms with E-state index in [1.54, 1.807) is 18.4 Å². The molecule has 0 radical (unpaired) electrons. The number of fused-ring (bicyclic) bond motifs is 1. The summed E-state index contributed by atoms with van der Waals surface area (Å²) < 4.78 is 4.72. The zero-order chi connectivity index (χ0) is 6.27. The molecule has 0 amide bonds. The number of H-pyrrole nitrogens is 1. The van der Waals surface area contributed by atoms with Crippen LogP contribution in [0.2, 0.25) is 0 Å². The molecule has 1 heterocycles. The maximum atomic E-state index is 8.88. The van der Waals surface area contributed by atoms with Crippen LogP contribution in [0.4, 0.5) is 0 Å². The number of aromatic nitrogens is 1. The van der Waals surface area contributed by atoms with Gasteiger partial charge in [-0.1, -0.05) is 0 Å². The predicted octanol–water partition coefficient (Wildman–Crippen LogP) is 1.42. The second-order valence-electron chi connectivity index (χ2n) is 1.92. The van der Waals surface area contributed by atoms with Crippen LogP contribution in [-0.2, 0) is 0 Å². The Morgan fingerprint density at radius 3 is 3.11 bits per heavy atom. The van der Waals surface area contributed by atoms with Gasteiger partial charge in [0.05, 0.1) is 5.69 Å². The average Bonchev–Trinajstić information content (AvgIpc) is 2.22. The summed E-state index contributed by atoms with van der Waals surface area (Å²) in [5, 5.41) is 11.5. The molecule has 0 saturated heterocycles. The van der Waals surface area contributed by atoms with Crippen molar-refractivity contribution >= 4 is 0 Å². The van der Waals surface area contributed by atoms with Gasteiger partial charge in [-0.2, -0.15) is 0 Å². The number of hydrogen-bond acceptors (Lipinski definition) is 2. The van der Waals surface area contributed by atoms with Crippen molar-refractivity contribution in [2.45, 2.75) is 0 Å². The summed E-state index contributed by atoms with van der Waals surface area (Å²) in [7, 11) is 0.